The first-order valence-corrected chi connectivity index (χ1v) is 10.9. The molecule has 0 radical (unpaired) electrons. The van der Waals surface area contributed by atoms with E-state index >= 15 is 0 Å². The number of fused-ring (bicyclic) bond motifs is 1. The molecule has 1 aromatic carbocycles. The van der Waals surface area contributed by atoms with Crippen LogP contribution in [0.4, 0.5) is 0 Å². The van der Waals surface area contributed by atoms with Crippen molar-refractivity contribution < 1.29 is 23.8 Å². The van der Waals surface area contributed by atoms with E-state index < -0.39 is 5.97 Å². The molecule has 2 aliphatic rings. The summed E-state index contributed by atoms with van der Waals surface area (Å²) in [5.41, 5.74) is 1.80. The summed E-state index contributed by atoms with van der Waals surface area (Å²) < 4.78 is 17.9. The minimum atomic E-state index is -0.490. The molecular formula is C21H24N2O6S. The zero-order valence-corrected chi connectivity index (χ0v) is 17.6. The van der Waals surface area contributed by atoms with Crippen LogP contribution in [0, 0.1) is 6.92 Å². The maximum absolute atomic E-state index is 12.7. The molecule has 1 amide bonds. The van der Waals surface area contributed by atoms with Gasteiger partial charge in [0.25, 0.3) is 5.91 Å². The van der Waals surface area contributed by atoms with Crippen LogP contribution in [0.1, 0.15) is 36.6 Å². The predicted molar refractivity (Wildman–Crippen MR) is 110 cm³/mol. The average molecular weight is 432 g/mol. The minimum Gasteiger partial charge on any atom is -0.486 e. The number of nitrogens with zero attached hydrogens (tertiary/aromatic N) is 2. The normalized spacial score (nSPS) is 17.8. The third-order valence-electron chi connectivity index (χ3n) is 5.40. The first-order chi connectivity index (χ1) is 14.5. The van der Waals surface area contributed by atoms with Crippen molar-refractivity contribution in [2.75, 3.05) is 26.4 Å². The van der Waals surface area contributed by atoms with Crippen molar-refractivity contribution >= 4 is 23.2 Å². The molecule has 3 heterocycles. The summed E-state index contributed by atoms with van der Waals surface area (Å²) in [5, 5.41) is 1.75. The largest absolute Gasteiger partial charge is 0.486 e. The lowest BCUT2D eigenvalue weighted by Crippen LogP contribution is -2.34. The van der Waals surface area contributed by atoms with E-state index in [4.69, 9.17) is 14.2 Å². The van der Waals surface area contributed by atoms with Gasteiger partial charge in [0.1, 0.15) is 13.2 Å². The lowest BCUT2D eigenvalue weighted by atomic mass is 10.0. The molecule has 1 saturated heterocycles. The summed E-state index contributed by atoms with van der Waals surface area (Å²) >= 11 is 1.10. The van der Waals surface area contributed by atoms with Crippen molar-refractivity contribution in [3.63, 3.8) is 0 Å². The molecule has 1 fully saturated rings. The van der Waals surface area contributed by atoms with Gasteiger partial charge in [0, 0.05) is 24.2 Å². The van der Waals surface area contributed by atoms with Gasteiger partial charge in [0.15, 0.2) is 18.1 Å². The molecule has 0 N–H and O–H groups in total. The summed E-state index contributed by atoms with van der Waals surface area (Å²) in [6, 6.07) is 5.69. The first kappa shape index (κ1) is 20.5. The van der Waals surface area contributed by atoms with E-state index in [1.54, 1.807) is 10.3 Å². The summed E-state index contributed by atoms with van der Waals surface area (Å²) in [7, 11) is 0. The van der Waals surface area contributed by atoms with Crippen molar-refractivity contribution in [2.45, 2.75) is 38.8 Å². The molecule has 1 aromatic heterocycles. The number of esters is 1. The molecule has 160 valence electrons. The number of aryl methyl sites for hydroxylation is 1. The Morgan fingerprint density at radius 1 is 1.23 bits per heavy atom. The predicted octanol–water partition coefficient (Wildman–Crippen LogP) is 2.29. The van der Waals surface area contributed by atoms with Crippen molar-refractivity contribution in [3.8, 4) is 11.5 Å². The summed E-state index contributed by atoms with van der Waals surface area (Å²) in [5.74, 6) is 0.707. The highest BCUT2D eigenvalue weighted by molar-refractivity contribution is 7.07. The Bertz CT molecular complexity index is 998. The zero-order valence-electron chi connectivity index (χ0n) is 16.8. The van der Waals surface area contributed by atoms with Crippen LogP contribution in [0.15, 0.2) is 28.4 Å². The number of amides is 1. The van der Waals surface area contributed by atoms with Gasteiger partial charge in [-0.25, -0.2) is 0 Å². The molecule has 0 spiro atoms. The van der Waals surface area contributed by atoms with Crippen LogP contribution in [0.2, 0.25) is 0 Å². The quantitative estimate of drug-likeness (QED) is 0.651. The highest BCUT2D eigenvalue weighted by atomic mass is 32.1. The van der Waals surface area contributed by atoms with E-state index in [2.05, 4.69) is 0 Å². The Balaban J connectivity index is 1.32. The van der Waals surface area contributed by atoms with Crippen LogP contribution in [0.3, 0.4) is 0 Å². The number of carbonyl (C=O) groups excluding carboxylic acids is 2. The van der Waals surface area contributed by atoms with Gasteiger partial charge in [-0.15, -0.1) is 0 Å². The number of benzene rings is 1. The van der Waals surface area contributed by atoms with Crippen molar-refractivity contribution in [1.29, 1.82) is 0 Å². The smallest absolute Gasteiger partial charge is 0.308 e. The highest BCUT2D eigenvalue weighted by Gasteiger charge is 2.31. The number of ether oxygens (including phenoxy) is 3. The van der Waals surface area contributed by atoms with Gasteiger partial charge in [0.05, 0.1) is 12.5 Å². The molecule has 30 heavy (non-hydrogen) atoms. The maximum Gasteiger partial charge on any atom is 0.308 e. The van der Waals surface area contributed by atoms with E-state index in [-0.39, 0.29) is 36.4 Å². The van der Waals surface area contributed by atoms with Gasteiger partial charge in [-0.2, -0.15) is 0 Å². The molecule has 9 heteroatoms. The van der Waals surface area contributed by atoms with Gasteiger partial charge in [-0.05, 0) is 37.5 Å². The second-order valence-electron chi connectivity index (χ2n) is 7.35. The summed E-state index contributed by atoms with van der Waals surface area (Å²) in [6.45, 7) is 3.45. The molecule has 4 rings (SSSR count). The number of hydrogen-bond donors (Lipinski definition) is 0. The molecule has 1 unspecified atom stereocenters. The van der Waals surface area contributed by atoms with E-state index in [0.29, 0.717) is 25.5 Å². The zero-order chi connectivity index (χ0) is 21.1. The van der Waals surface area contributed by atoms with E-state index in [1.165, 1.54) is 4.57 Å². The number of aromatic nitrogens is 1. The van der Waals surface area contributed by atoms with Gasteiger partial charge in [-0.3, -0.25) is 14.4 Å². The third kappa shape index (κ3) is 4.35. The monoisotopic (exact) mass is 432 g/mol. The number of hydrogen-bond acceptors (Lipinski definition) is 7. The first-order valence-electron chi connectivity index (χ1n) is 10.0. The van der Waals surface area contributed by atoms with Crippen LogP contribution in [0.5, 0.6) is 11.5 Å². The molecule has 0 bridgehead atoms. The number of rotatable bonds is 6. The fraction of sp³-hybridized carbons (Fsp3) is 0.476. The number of carbonyl (C=O) groups is 2. The Kier molecular flexibility index (Phi) is 6.08. The summed E-state index contributed by atoms with van der Waals surface area (Å²) in [6.07, 6.45) is 1.79. The molecule has 0 saturated carbocycles. The Labute approximate surface area is 178 Å². The molecule has 2 aromatic rings. The fourth-order valence-electron chi connectivity index (χ4n) is 3.85. The van der Waals surface area contributed by atoms with Crippen molar-refractivity contribution in [3.05, 3.63) is 44.5 Å². The lowest BCUT2D eigenvalue weighted by molar-refractivity contribution is -0.152. The van der Waals surface area contributed by atoms with Crippen LogP contribution in [-0.2, 0) is 20.9 Å². The maximum atomic E-state index is 12.7. The molecule has 2 aliphatic heterocycles. The Morgan fingerprint density at radius 3 is 2.80 bits per heavy atom. The van der Waals surface area contributed by atoms with Crippen LogP contribution < -0.4 is 14.3 Å². The topological polar surface area (TPSA) is 87.1 Å². The molecule has 8 nitrogen and oxygen atoms in total. The van der Waals surface area contributed by atoms with Crippen LogP contribution in [-0.4, -0.2) is 47.7 Å². The van der Waals surface area contributed by atoms with E-state index in [9.17, 15) is 14.4 Å². The average Bonchev–Trinajstić information content (AvgIpc) is 3.37. The minimum absolute atomic E-state index is 0.0519. The van der Waals surface area contributed by atoms with Gasteiger partial charge in [-0.1, -0.05) is 17.4 Å². The van der Waals surface area contributed by atoms with E-state index in [0.717, 1.165) is 41.2 Å². The second-order valence-corrected chi connectivity index (χ2v) is 8.17. The van der Waals surface area contributed by atoms with Crippen LogP contribution >= 0.6 is 11.3 Å². The molecule has 0 aliphatic carbocycles. The number of likely N-dealkylation sites (tertiary alicyclic amines) is 1. The standard InChI is InChI=1S/C21H24N2O6S/c1-14-13-30-21(26)22(14)8-6-20(25)29-12-19(24)23-7-2-3-16(23)15-4-5-17-18(11-15)28-10-9-27-17/h4-5,11,13,16H,2-3,6-10,12H2,1H3. The Hall–Kier alpha value is -2.81. The highest BCUT2D eigenvalue weighted by Crippen LogP contribution is 2.38. The van der Waals surface area contributed by atoms with E-state index in [1.807, 2.05) is 25.1 Å². The molecular weight excluding hydrogens is 408 g/mol. The van der Waals surface area contributed by atoms with Crippen molar-refractivity contribution in [2.24, 2.45) is 0 Å². The SMILES string of the molecule is Cc1csc(=O)n1CCC(=O)OCC(=O)N1CCCC1c1ccc2c(c1)OCCO2. The summed E-state index contributed by atoms with van der Waals surface area (Å²) in [4.78, 5) is 38.1. The molecule has 1 atom stereocenters. The van der Waals surface area contributed by atoms with Crippen molar-refractivity contribution in [1.82, 2.24) is 9.47 Å². The Morgan fingerprint density at radius 2 is 2.03 bits per heavy atom. The van der Waals surface area contributed by atoms with Crippen LogP contribution in [0.25, 0.3) is 0 Å². The fourth-order valence-corrected chi connectivity index (χ4v) is 4.62. The third-order valence-corrected chi connectivity index (χ3v) is 6.28. The number of thiazole rings is 1. The lowest BCUT2D eigenvalue weighted by Gasteiger charge is -2.26. The van der Waals surface area contributed by atoms with Gasteiger partial charge in [0.2, 0.25) is 0 Å². The van der Waals surface area contributed by atoms with Gasteiger partial charge >= 0.3 is 10.8 Å². The van der Waals surface area contributed by atoms with Gasteiger partial charge < -0.3 is 23.7 Å². The second kappa shape index (κ2) is 8.91.